The number of esters is 1. The van der Waals surface area contributed by atoms with E-state index in [0.29, 0.717) is 18.5 Å². The number of thiazole rings is 1. The van der Waals surface area contributed by atoms with Crippen LogP contribution >= 0.6 is 11.3 Å². The summed E-state index contributed by atoms with van der Waals surface area (Å²) in [5.41, 5.74) is 3.72. The lowest BCUT2D eigenvalue weighted by Gasteiger charge is -2.10. The average molecular weight is 409 g/mol. The molecule has 0 saturated carbocycles. The number of aromatic nitrogens is 1. The molecular weight excluding hydrogens is 390 g/mol. The standard InChI is InChI=1S/C21H19N3O4S/c1-12-2-7-15-17(10-12)29-20(24-15)13-3-5-14(6-4-13)22-19(26)11-28-21(27)16-8-9-18(25)23-16/h2-7,10,16H,8-9,11H2,1H3,(H,22,26)(H,23,25)/t16-/m1/s1. The van der Waals surface area contributed by atoms with Gasteiger partial charge in [0.25, 0.3) is 5.91 Å². The molecule has 0 unspecified atom stereocenters. The van der Waals surface area contributed by atoms with E-state index in [1.165, 1.54) is 5.56 Å². The molecule has 0 spiro atoms. The Balaban J connectivity index is 1.34. The summed E-state index contributed by atoms with van der Waals surface area (Å²) < 4.78 is 6.11. The predicted molar refractivity (Wildman–Crippen MR) is 111 cm³/mol. The SMILES string of the molecule is Cc1ccc2nc(-c3ccc(NC(=O)COC(=O)[C@H]4CCC(=O)N4)cc3)sc2c1. The third-order valence-corrected chi connectivity index (χ3v) is 5.65. The molecular formula is C21H19N3O4S. The first-order valence-electron chi connectivity index (χ1n) is 9.21. The van der Waals surface area contributed by atoms with Gasteiger partial charge in [0, 0.05) is 17.7 Å². The van der Waals surface area contributed by atoms with Crippen molar-refractivity contribution in [2.75, 3.05) is 11.9 Å². The third-order valence-electron chi connectivity index (χ3n) is 4.58. The van der Waals surface area contributed by atoms with E-state index in [2.05, 4.69) is 28.6 Å². The van der Waals surface area contributed by atoms with Gasteiger partial charge in [-0.15, -0.1) is 11.3 Å². The molecule has 1 fully saturated rings. The van der Waals surface area contributed by atoms with E-state index >= 15 is 0 Å². The molecule has 148 valence electrons. The second-order valence-electron chi connectivity index (χ2n) is 6.88. The van der Waals surface area contributed by atoms with Crippen molar-refractivity contribution in [1.29, 1.82) is 0 Å². The van der Waals surface area contributed by atoms with Crippen molar-refractivity contribution in [3.05, 3.63) is 48.0 Å². The van der Waals surface area contributed by atoms with Gasteiger partial charge in [0.15, 0.2) is 6.61 Å². The van der Waals surface area contributed by atoms with E-state index in [9.17, 15) is 14.4 Å². The smallest absolute Gasteiger partial charge is 0.329 e. The molecule has 7 nitrogen and oxygen atoms in total. The number of carbonyl (C=O) groups excluding carboxylic acids is 3. The molecule has 1 aromatic heterocycles. The van der Waals surface area contributed by atoms with Gasteiger partial charge in [-0.05, 0) is 55.3 Å². The highest BCUT2D eigenvalue weighted by Crippen LogP contribution is 2.31. The predicted octanol–water partition coefficient (Wildman–Crippen LogP) is 3.03. The van der Waals surface area contributed by atoms with E-state index in [1.807, 2.05) is 24.3 Å². The minimum atomic E-state index is -0.660. The highest BCUT2D eigenvalue weighted by Gasteiger charge is 2.28. The van der Waals surface area contributed by atoms with E-state index in [4.69, 9.17) is 4.74 Å². The number of hydrogen-bond donors (Lipinski definition) is 2. The lowest BCUT2D eigenvalue weighted by Crippen LogP contribution is -2.36. The fraction of sp³-hybridized carbons (Fsp3) is 0.238. The fourth-order valence-electron chi connectivity index (χ4n) is 3.08. The first kappa shape index (κ1) is 19.1. The van der Waals surface area contributed by atoms with Crippen molar-refractivity contribution in [3.63, 3.8) is 0 Å². The summed E-state index contributed by atoms with van der Waals surface area (Å²) >= 11 is 1.62. The Kier molecular flexibility index (Phi) is 5.26. The monoisotopic (exact) mass is 409 g/mol. The van der Waals surface area contributed by atoms with Crippen molar-refractivity contribution in [3.8, 4) is 10.6 Å². The van der Waals surface area contributed by atoms with Crippen LogP contribution in [0.4, 0.5) is 5.69 Å². The number of aryl methyl sites for hydroxylation is 1. The summed E-state index contributed by atoms with van der Waals surface area (Å²) in [4.78, 5) is 39.6. The number of rotatable bonds is 5. The van der Waals surface area contributed by atoms with E-state index < -0.39 is 24.5 Å². The Bertz CT molecular complexity index is 1090. The summed E-state index contributed by atoms with van der Waals surface area (Å²) in [6, 6.07) is 12.8. The first-order valence-corrected chi connectivity index (χ1v) is 10.0. The fourth-order valence-corrected chi connectivity index (χ4v) is 4.15. The molecule has 2 N–H and O–H groups in total. The number of anilines is 1. The molecule has 4 rings (SSSR count). The Morgan fingerprint density at radius 3 is 2.76 bits per heavy atom. The average Bonchev–Trinajstić information content (AvgIpc) is 3.32. The molecule has 1 atom stereocenters. The molecule has 1 aliphatic heterocycles. The van der Waals surface area contributed by atoms with E-state index in [-0.39, 0.29) is 5.91 Å². The Morgan fingerprint density at radius 1 is 1.24 bits per heavy atom. The van der Waals surface area contributed by atoms with E-state index in [1.54, 1.807) is 23.5 Å². The zero-order valence-corrected chi connectivity index (χ0v) is 16.5. The number of nitrogens with zero attached hydrogens (tertiary/aromatic N) is 1. The lowest BCUT2D eigenvalue weighted by atomic mass is 10.2. The van der Waals surface area contributed by atoms with Gasteiger partial charge < -0.3 is 15.4 Å². The van der Waals surface area contributed by atoms with Crippen molar-refractivity contribution < 1.29 is 19.1 Å². The normalized spacial score (nSPS) is 15.9. The van der Waals surface area contributed by atoms with Gasteiger partial charge in [-0.25, -0.2) is 9.78 Å². The minimum Gasteiger partial charge on any atom is -0.454 e. The van der Waals surface area contributed by atoms with Crippen LogP contribution in [0.2, 0.25) is 0 Å². The summed E-state index contributed by atoms with van der Waals surface area (Å²) in [7, 11) is 0. The summed E-state index contributed by atoms with van der Waals surface area (Å²) in [6.45, 7) is 1.65. The molecule has 2 amide bonds. The molecule has 8 heteroatoms. The number of nitrogens with one attached hydrogen (secondary N) is 2. The number of amides is 2. The highest BCUT2D eigenvalue weighted by atomic mass is 32.1. The molecule has 2 heterocycles. The zero-order valence-electron chi connectivity index (χ0n) is 15.7. The number of hydrogen-bond acceptors (Lipinski definition) is 6. The highest BCUT2D eigenvalue weighted by molar-refractivity contribution is 7.21. The molecule has 29 heavy (non-hydrogen) atoms. The van der Waals surface area contributed by atoms with Crippen LogP contribution in [-0.4, -0.2) is 35.4 Å². The summed E-state index contributed by atoms with van der Waals surface area (Å²) in [5.74, 6) is -1.21. The van der Waals surface area contributed by atoms with Gasteiger partial charge in [-0.2, -0.15) is 0 Å². The number of benzene rings is 2. The van der Waals surface area contributed by atoms with Crippen LogP contribution in [-0.2, 0) is 19.1 Å². The zero-order chi connectivity index (χ0) is 20.4. The molecule has 0 aliphatic carbocycles. The van der Waals surface area contributed by atoms with Gasteiger partial charge in [0.2, 0.25) is 5.91 Å². The Morgan fingerprint density at radius 2 is 2.03 bits per heavy atom. The van der Waals surface area contributed by atoms with Crippen LogP contribution in [0.15, 0.2) is 42.5 Å². The van der Waals surface area contributed by atoms with Gasteiger partial charge in [0.1, 0.15) is 11.0 Å². The molecule has 2 aromatic carbocycles. The van der Waals surface area contributed by atoms with E-state index in [0.717, 1.165) is 20.8 Å². The minimum absolute atomic E-state index is 0.181. The number of carbonyl (C=O) groups is 3. The van der Waals surface area contributed by atoms with Gasteiger partial charge in [-0.1, -0.05) is 6.07 Å². The van der Waals surface area contributed by atoms with Crippen molar-refractivity contribution in [2.45, 2.75) is 25.8 Å². The van der Waals surface area contributed by atoms with Crippen LogP contribution in [0.1, 0.15) is 18.4 Å². The maximum atomic E-state index is 12.0. The maximum Gasteiger partial charge on any atom is 0.329 e. The first-order chi connectivity index (χ1) is 14.0. The quantitative estimate of drug-likeness (QED) is 0.632. The van der Waals surface area contributed by atoms with Crippen LogP contribution in [0.25, 0.3) is 20.8 Å². The molecule has 0 radical (unpaired) electrons. The third kappa shape index (κ3) is 4.43. The van der Waals surface area contributed by atoms with Gasteiger partial charge >= 0.3 is 5.97 Å². The Hall–Kier alpha value is -3.26. The summed E-state index contributed by atoms with van der Waals surface area (Å²) in [6.07, 6.45) is 0.693. The van der Waals surface area contributed by atoms with Crippen LogP contribution in [0.5, 0.6) is 0 Å². The van der Waals surface area contributed by atoms with Crippen LogP contribution in [0, 0.1) is 6.92 Å². The van der Waals surface area contributed by atoms with Crippen molar-refractivity contribution in [1.82, 2.24) is 10.3 Å². The second kappa shape index (κ2) is 8.00. The van der Waals surface area contributed by atoms with Crippen LogP contribution < -0.4 is 10.6 Å². The topological polar surface area (TPSA) is 97.4 Å². The van der Waals surface area contributed by atoms with Gasteiger partial charge in [-0.3, -0.25) is 9.59 Å². The van der Waals surface area contributed by atoms with Crippen molar-refractivity contribution in [2.24, 2.45) is 0 Å². The number of fused-ring (bicyclic) bond motifs is 1. The molecule has 3 aromatic rings. The molecule has 0 bridgehead atoms. The van der Waals surface area contributed by atoms with Crippen molar-refractivity contribution >= 4 is 45.0 Å². The van der Waals surface area contributed by atoms with Crippen LogP contribution in [0.3, 0.4) is 0 Å². The molecule has 1 aliphatic rings. The number of ether oxygens (including phenoxy) is 1. The lowest BCUT2D eigenvalue weighted by molar-refractivity contribution is -0.149. The molecule has 1 saturated heterocycles. The summed E-state index contributed by atoms with van der Waals surface area (Å²) in [5, 5.41) is 6.11. The largest absolute Gasteiger partial charge is 0.454 e. The second-order valence-corrected chi connectivity index (χ2v) is 7.91. The Labute approximate surface area is 171 Å². The van der Waals surface area contributed by atoms with Gasteiger partial charge in [0.05, 0.1) is 10.2 Å². The maximum absolute atomic E-state index is 12.0.